The predicted octanol–water partition coefficient (Wildman–Crippen LogP) is 4.54. The molecule has 102 valence electrons. The van der Waals surface area contributed by atoms with E-state index in [9.17, 15) is 0 Å². The van der Waals surface area contributed by atoms with E-state index in [0.717, 1.165) is 29.2 Å². The predicted molar refractivity (Wildman–Crippen MR) is 81.2 cm³/mol. The van der Waals surface area contributed by atoms with Crippen LogP contribution in [0.4, 0.5) is 0 Å². The van der Waals surface area contributed by atoms with E-state index in [-0.39, 0.29) is 0 Å². The molecule has 0 saturated heterocycles. The van der Waals surface area contributed by atoms with Crippen molar-refractivity contribution in [2.75, 3.05) is 13.7 Å². The fourth-order valence-electron chi connectivity index (χ4n) is 1.79. The van der Waals surface area contributed by atoms with Crippen LogP contribution in [-0.4, -0.2) is 13.7 Å². The van der Waals surface area contributed by atoms with Crippen molar-refractivity contribution < 1.29 is 4.74 Å². The van der Waals surface area contributed by atoms with Crippen LogP contribution >= 0.6 is 15.9 Å². The van der Waals surface area contributed by atoms with Crippen molar-refractivity contribution in [3.8, 4) is 5.75 Å². The molecule has 2 nitrogen and oxygen atoms in total. The zero-order chi connectivity index (χ0) is 13.5. The lowest BCUT2D eigenvalue weighted by Gasteiger charge is -2.14. The van der Waals surface area contributed by atoms with E-state index in [1.807, 2.05) is 13.1 Å². The summed E-state index contributed by atoms with van der Waals surface area (Å²) in [5.41, 5.74) is 1.26. The van der Waals surface area contributed by atoms with Crippen LogP contribution in [0.15, 0.2) is 22.7 Å². The maximum atomic E-state index is 5.76. The van der Waals surface area contributed by atoms with Gasteiger partial charge < -0.3 is 10.1 Å². The first kappa shape index (κ1) is 15.5. The molecular formula is C15H24BrNO. The molecule has 0 saturated carbocycles. The van der Waals surface area contributed by atoms with Crippen LogP contribution in [0.5, 0.6) is 5.75 Å². The average Bonchev–Trinajstić information content (AvgIpc) is 2.33. The smallest absolute Gasteiger partial charge is 0.120 e. The molecule has 1 unspecified atom stereocenters. The van der Waals surface area contributed by atoms with Gasteiger partial charge >= 0.3 is 0 Å². The van der Waals surface area contributed by atoms with Gasteiger partial charge in [-0.05, 0) is 50.4 Å². The average molecular weight is 314 g/mol. The molecule has 0 bridgehead atoms. The summed E-state index contributed by atoms with van der Waals surface area (Å²) in [6, 6.07) is 6.56. The van der Waals surface area contributed by atoms with Crippen LogP contribution in [0.1, 0.15) is 45.2 Å². The first-order valence-corrected chi connectivity index (χ1v) is 7.43. The number of rotatable bonds is 7. The summed E-state index contributed by atoms with van der Waals surface area (Å²) in [7, 11) is 1.97. The van der Waals surface area contributed by atoms with Crippen molar-refractivity contribution >= 4 is 15.9 Å². The number of hydrogen-bond acceptors (Lipinski definition) is 2. The summed E-state index contributed by atoms with van der Waals surface area (Å²) >= 11 is 3.60. The van der Waals surface area contributed by atoms with E-state index in [1.54, 1.807) is 0 Å². The minimum Gasteiger partial charge on any atom is -0.494 e. The van der Waals surface area contributed by atoms with Gasteiger partial charge in [-0.3, -0.25) is 0 Å². The van der Waals surface area contributed by atoms with E-state index in [2.05, 4.69) is 54.2 Å². The standard InChI is InChI=1S/C15H24BrNO/c1-11(2)6-5-9-18-13-7-8-14(12(3)17-4)15(16)10-13/h7-8,10-12,17H,5-6,9H2,1-4H3. The third-order valence-corrected chi connectivity index (χ3v) is 3.75. The van der Waals surface area contributed by atoms with Crippen LogP contribution < -0.4 is 10.1 Å². The van der Waals surface area contributed by atoms with Gasteiger partial charge in [-0.2, -0.15) is 0 Å². The van der Waals surface area contributed by atoms with Crippen LogP contribution in [0.3, 0.4) is 0 Å². The number of ether oxygens (including phenoxy) is 1. The van der Waals surface area contributed by atoms with Gasteiger partial charge in [0.25, 0.3) is 0 Å². The third-order valence-electron chi connectivity index (χ3n) is 3.07. The number of halogens is 1. The highest BCUT2D eigenvalue weighted by molar-refractivity contribution is 9.10. The van der Waals surface area contributed by atoms with Gasteiger partial charge in [-0.25, -0.2) is 0 Å². The van der Waals surface area contributed by atoms with Gasteiger partial charge in [0, 0.05) is 10.5 Å². The highest BCUT2D eigenvalue weighted by atomic mass is 79.9. The second-order valence-corrected chi connectivity index (χ2v) is 5.93. The van der Waals surface area contributed by atoms with E-state index in [1.165, 1.54) is 12.0 Å². The fraction of sp³-hybridized carbons (Fsp3) is 0.600. The number of benzene rings is 1. The molecule has 1 N–H and O–H groups in total. The van der Waals surface area contributed by atoms with Crippen molar-refractivity contribution in [3.05, 3.63) is 28.2 Å². The number of nitrogens with one attached hydrogen (secondary N) is 1. The van der Waals surface area contributed by atoms with Crippen molar-refractivity contribution in [2.45, 2.75) is 39.7 Å². The van der Waals surface area contributed by atoms with Gasteiger partial charge in [0.1, 0.15) is 5.75 Å². The Morgan fingerprint density at radius 2 is 2.00 bits per heavy atom. The Hall–Kier alpha value is -0.540. The molecule has 0 aliphatic carbocycles. The first-order valence-electron chi connectivity index (χ1n) is 6.64. The molecule has 3 heteroatoms. The zero-order valence-electron chi connectivity index (χ0n) is 11.8. The molecule has 1 atom stereocenters. The summed E-state index contributed by atoms with van der Waals surface area (Å²) in [4.78, 5) is 0. The van der Waals surface area contributed by atoms with Crippen LogP contribution in [0, 0.1) is 5.92 Å². The van der Waals surface area contributed by atoms with E-state index in [0.29, 0.717) is 6.04 Å². The quantitative estimate of drug-likeness (QED) is 0.746. The minimum atomic E-state index is 0.342. The molecule has 0 amide bonds. The largest absolute Gasteiger partial charge is 0.494 e. The molecule has 0 heterocycles. The summed E-state index contributed by atoms with van der Waals surface area (Å²) in [6.07, 6.45) is 2.33. The summed E-state index contributed by atoms with van der Waals surface area (Å²) in [6.45, 7) is 7.42. The van der Waals surface area contributed by atoms with Gasteiger partial charge in [-0.15, -0.1) is 0 Å². The van der Waals surface area contributed by atoms with E-state index < -0.39 is 0 Å². The Kier molecular flexibility index (Phi) is 6.72. The van der Waals surface area contributed by atoms with E-state index in [4.69, 9.17) is 4.74 Å². The molecule has 0 fully saturated rings. The first-order chi connectivity index (χ1) is 8.54. The number of hydrogen-bond donors (Lipinski definition) is 1. The Morgan fingerprint density at radius 3 is 2.56 bits per heavy atom. The van der Waals surface area contributed by atoms with Crippen molar-refractivity contribution in [1.82, 2.24) is 5.32 Å². The van der Waals surface area contributed by atoms with E-state index >= 15 is 0 Å². The van der Waals surface area contributed by atoms with Crippen molar-refractivity contribution in [2.24, 2.45) is 5.92 Å². The molecule has 0 aliphatic rings. The topological polar surface area (TPSA) is 21.3 Å². The molecule has 18 heavy (non-hydrogen) atoms. The molecule has 1 aromatic rings. The van der Waals surface area contributed by atoms with Crippen molar-refractivity contribution in [3.63, 3.8) is 0 Å². The Labute approximate surface area is 119 Å². The lowest BCUT2D eigenvalue weighted by atomic mass is 10.1. The fourth-order valence-corrected chi connectivity index (χ4v) is 2.49. The molecule has 0 radical (unpaired) electrons. The van der Waals surface area contributed by atoms with Crippen LogP contribution in [-0.2, 0) is 0 Å². The summed E-state index contributed by atoms with van der Waals surface area (Å²) < 4.78 is 6.86. The van der Waals surface area contributed by atoms with Crippen LogP contribution in [0.2, 0.25) is 0 Å². The molecule has 0 spiro atoms. The van der Waals surface area contributed by atoms with Gasteiger partial charge in [-0.1, -0.05) is 35.8 Å². The second kappa shape index (κ2) is 7.80. The third kappa shape index (κ3) is 4.99. The lowest BCUT2D eigenvalue weighted by Crippen LogP contribution is -2.12. The maximum absolute atomic E-state index is 5.76. The Morgan fingerprint density at radius 1 is 1.28 bits per heavy atom. The Bertz CT molecular complexity index is 366. The Balaban J connectivity index is 2.51. The SMILES string of the molecule is CNC(C)c1ccc(OCCCC(C)C)cc1Br. The van der Waals surface area contributed by atoms with Crippen LogP contribution in [0.25, 0.3) is 0 Å². The molecule has 1 aromatic carbocycles. The molecular weight excluding hydrogens is 290 g/mol. The zero-order valence-corrected chi connectivity index (χ0v) is 13.4. The normalized spacial score (nSPS) is 12.8. The van der Waals surface area contributed by atoms with Crippen molar-refractivity contribution in [1.29, 1.82) is 0 Å². The summed E-state index contributed by atoms with van der Waals surface area (Å²) in [5, 5.41) is 3.24. The maximum Gasteiger partial charge on any atom is 0.120 e. The molecule has 0 aromatic heterocycles. The highest BCUT2D eigenvalue weighted by Gasteiger charge is 2.08. The molecule has 1 rings (SSSR count). The van der Waals surface area contributed by atoms with Gasteiger partial charge in [0.05, 0.1) is 6.61 Å². The monoisotopic (exact) mass is 313 g/mol. The highest BCUT2D eigenvalue weighted by Crippen LogP contribution is 2.27. The van der Waals surface area contributed by atoms with Gasteiger partial charge in [0.2, 0.25) is 0 Å². The lowest BCUT2D eigenvalue weighted by molar-refractivity contribution is 0.297. The summed E-state index contributed by atoms with van der Waals surface area (Å²) in [5.74, 6) is 1.69. The second-order valence-electron chi connectivity index (χ2n) is 5.08. The van der Waals surface area contributed by atoms with Gasteiger partial charge in [0.15, 0.2) is 0 Å². The molecule has 0 aliphatic heterocycles. The minimum absolute atomic E-state index is 0.342.